The quantitative estimate of drug-likeness (QED) is 0.778. The average Bonchev–Trinajstić information content (AvgIpc) is 2.56. The Labute approximate surface area is 140 Å². The Balaban J connectivity index is 2.08. The van der Waals surface area contributed by atoms with Gasteiger partial charge < -0.3 is 0 Å². The largest absolute Gasteiger partial charge is 0.316 e. The summed E-state index contributed by atoms with van der Waals surface area (Å²) < 4.78 is 25.8. The maximum atomic E-state index is 12.2. The standard InChI is InChI=1S/C17H27N3O2S/c1-3-20(4-2)23(21,22)19-18-17-13-9-8-12-16(17)14-15-10-6-5-7-11-15/h5-7,10-11,16,19H,3-4,8-9,12-14H2,1-2H3/b18-17+. The van der Waals surface area contributed by atoms with Gasteiger partial charge in [-0.15, -0.1) is 0 Å². The lowest BCUT2D eigenvalue weighted by Gasteiger charge is -2.25. The predicted octanol–water partition coefficient (Wildman–Crippen LogP) is 2.95. The molecule has 0 amide bonds. The van der Waals surface area contributed by atoms with Crippen LogP contribution in [0.2, 0.25) is 0 Å². The Bertz CT molecular complexity index is 610. The highest BCUT2D eigenvalue weighted by molar-refractivity contribution is 7.87. The summed E-state index contributed by atoms with van der Waals surface area (Å²) in [5.41, 5.74) is 2.26. The van der Waals surface area contributed by atoms with E-state index in [-0.39, 0.29) is 0 Å². The molecule has 0 bridgehead atoms. The molecule has 128 valence electrons. The van der Waals surface area contributed by atoms with Gasteiger partial charge in [0.2, 0.25) is 0 Å². The van der Waals surface area contributed by atoms with Crippen LogP contribution in [0, 0.1) is 5.92 Å². The Morgan fingerprint density at radius 3 is 2.52 bits per heavy atom. The Morgan fingerprint density at radius 1 is 1.17 bits per heavy atom. The van der Waals surface area contributed by atoms with Crippen molar-refractivity contribution >= 4 is 15.9 Å². The van der Waals surface area contributed by atoms with Gasteiger partial charge in [-0.2, -0.15) is 22.7 Å². The molecule has 1 unspecified atom stereocenters. The molecule has 6 heteroatoms. The molecule has 1 aromatic rings. The van der Waals surface area contributed by atoms with Crippen LogP contribution in [0.3, 0.4) is 0 Å². The second-order valence-electron chi connectivity index (χ2n) is 5.92. The van der Waals surface area contributed by atoms with Gasteiger partial charge in [-0.25, -0.2) is 0 Å². The molecule has 1 aromatic carbocycles. The van der Waals surface area contributed by atoms with Crippen LogP contribution < -0.4 is 4.83 Å². The Morgan fingerprint density at radius 2 is 1.87 bits per heavy atom. The van der Waals surface area contributed by atoms with E-state index in [0.29, 0.717) is 19.0 Å². The predicted molar refractivity (Wildman–Crippen MR) is 94.5 cm³/mol. The van der Waals surface area contributed by atoms with Gasteiger partial charge in [0.05, 0.1) is 0 Å². The van der Waals surface area contributed by atoms with E-state index in [9.17, 15) is 8.42 Å². The van der Waals surface area contributed by atoms with Crippen molar-refractivity contribution in [2.45, 2.75) is 46.0 Å². The van der Waals surface area contributed by atoms with Crippen LogP contribution in [-0.4, -0.2) is 31.5 Å². The molecule has 1 N–H and O–H groups in total. The Kier molecular flexibility index (Phi) is 6.59. The van der Waals surface area contributed by atoms with Crippen LogP contribution in [0.5, 0.6) is 0 Å². The first-order chi connectivity index (χ1) is 11.1. The number of hydrogen-bond donors (Lipinski definition) is 1. The number of nitrogens with zero attached hydrogens (tertiary/aromatic N) is 2. The van der Waals surface area contributed by atoms with Crippen LogP contribution >= 0.6 is 0 Å². The SMILES string of the molecule is CCN(CC)S(=O)(=O)N/N=C1\CCCCC1Cc1ccccc1. The highest BCUT2D eigenvalue weighted by Crippen LogP contribution is 2.25. The fourth-order valence-electron chi connectivity index (χ4n) is 3.07. The summed E-state index contributed by atoms with van der Waals surface area (Å²) in [6.07, 6.45) is 5.13. The summed E-state index contributed by atoms with van der Waals surface area (Å²) in [5.74, 6) is 0.325. The maximum Gasteiger partial charge on any atom is 0.316 e. The molecule has 1 aliphatic carbocycles. The minimum Gasteiger partial charge on any atom is -0.191 e. The van der Waals surface area contributed by atoms with Crippen molar-refractivity contribution < 1.29 is 8.42 Å². The molecule has 1 saturated carbocycles. The van der Waals surface area contributed by atoms with Crippen LogP contribution in [0.4, 0.5) is 0 Å². The fraction of sp³-hybridized carbons (Fsp3) is 0.588. The zero-order valence-electron chi connectivity index (χ0n) is 14.0. The van der Waals surface area contributed by atoms with Crippen molar-refractivity contribution in [1.82, 2.24) is 9.14 Å². The first-order valence-electron chi connectivity index (χ1n) is 8.44. The highest BCUT2D eigenvalue weighted by atomic mass is 32.2. The van der Waals surface area contributed by atoms with Gasteiger partial charge in [0.1, 0.15) is 0 Å². The van der Waals surface area contributed by atoms with Gasteiger partial charge in [0.25, 0.3) is 0 Å². The van der Waals surface area contributed by atoms with Crippen LogP contribution in [0.25, 0.3) is 0 Å². The molecule has 1 atom stereocenters. The average molecular weight is 337 g/mol. The first-order valence-corrected chi connectivity index (χ1v) is 9.88. The van der Waals surface area contributed by atoms with E-state index < -0.39 is 10.2 Å². The van der Waals surface area contributed by atoms with E-state index >= 15 is 0 Å². The van der Waals surface area contributed by atoms with Gasteiger partial charge in [0, 0.05) is 24.7 Å². The minimum absolute atomic E-state index is 0.325. The van der Waals surface area contributed by atoms with Crippen molar-refractivity contribution in [2.75, 3.05) is 13.1 Å². The normalized spacial score (nSPS) is 20.8. The molecule has 0 saturated heterocycles. The lowest BCUT2D eigenvalue weighted by molar-refractivity contribution is 0.435. The summed E-state index contributed by atoms with van der Waals surface area (Å²) >= 11 is 0. The molecule has 5 nitrogen and oxygen atoms in total. The third-order valence-corrected chi connectivity index (χ3v) is 5.90. The second-order valence-corrected chi connectivity index (χ2v) is 7.57. The van der Waals surface area contributed by atoms with Gasteiger partial charge in [-0.3, -0.25) is 0 Å². The van der Waals surface area contributed by atoms with Crippen molar-refractivity contribution in [2.24, 2.45) is 11.0 Å². The zero-order chi connectivity index (χ0) is 16.7. The molecular weight excluding hydrogens is 310 g/mol. The van der Waals surface area contributed by atoms with Crippen molar-refractivity contribution in [3.63, 3.8) is 0 Å². The van der Waals surface area contributed by atoms with E-state index in [1.165, 1.54) is 16.3 Å². The van der Waals surface area contributed by atoms with Crippen LogP contribution in [0.15, 0.2) is 35.4 Å². The second kappa shape index (κ2) is 8.45. The maximum absolute atomic E-state index is 12.2. The van der Waals surface area contributed by atoms with E-state index in [4.69, 9.17) is 0 Å². The summed E-state index contributed by atoms with van der Waals surface area (Å²) in [6.45, 7) is 4.55. The molecule has 2 rings (SSSR count). The third-order valence-electron chi connectivity index (χ3n) is 4.38. The lowest BCUT2D eigenvalue weighted by atomic mass is 9.83. The first kappa shape index (κ1) is 17.9. The minimum atomic E-state index is -3.52. The van der Waals surface area contributed by atoms with Crippen LogP contribution in [-0.2, 0) is 16.6 Å². The Hall–Kier alpha value is -1.40. The summed E-state index contributed by atoms with van der Waals surface area (Å²) in [4.78, 5) is 2.43. The number of nitrogens with one attached hydrogen (secondary N) is 1. The van der Waals surface area contributed by atoms with Gasteiger partial charge >= 0.3 is 10.2 Å². The monoisotopic (exact) mass is 337 g/mol. The number of hydrogen-bond acceptors (Lipinski definition) is 3. The smallest absolute Gasteiger partial charge is 0.191 e. The van der Waals surface area contributed by atoms with E-state index in [1.807, 2.05) is 32.0 Å². The molecular formula is C17H27N3O2S. The molecule has 0 heterocycles. The molecule has 0 radical (unpaired) electrons. The number of rotatable bonds is 7. The summed E-state index contributed by atoms with van der Waals surface area (Å²) in [6, 6.07) is 10.3. The molecule has 0 spiro atoms. The third kappa shape index (κ3) is 5.04. The molecule has 0 aliphatic heterocycles. The van der Waals surface area contributed by atoms with E-state index in [2.05, 4.69) is 22.1 Å². The number of hydrazone groups is 1. The summed E-state index contributed by atoms with van der Waals surface area (Å²) in [5, 5.41) is 4.29. The highest BCUT2D eigenvalue weighted by Gasteiger charge is 2.23. The summed E-state index contributed by atoms with van der Waals surface area (Å²) in [7, 11) is -3.52. The molecule has 1 aliphatic rings. The number of benzene rings is 1. The molecule has 23 heavy (non-hydrogen) atoms. The lowest BCUT2D eigenvalue weighted by Crippen LogP contribution is -2.39. The fourth-order valence-corrected chi connectivity index (χ4v) is 4.10. The van der Waals surface area contributed by atoms with Crippen molar-refractivity contribution in [3.8, 4) is 0 Å². The van der Waals surface area contributed by atoms with Crippen LogP contribution in [0.1, 0.15) is 45.1 Å². The van der Waals surface area contributed by atoms with Gasteiger partial charge in [0.15, 0.2) is 0 Å². The molecule has 1 fully saturated rings. The zero-order valence-corrected chi connectivity index (χ0v) is 14.8. The molecule has 0 aromatic heterocycles. The van der Waals surface area contributed by atoms with Crippen molar-refractivity contribution in [1.29, 1.82) is 0 Å². The van der Waals surface area contributed by atoms with E-state index in [1.54, 1.807) is 0 Å². The van der Waals surface area contributed by atoms with E-state index in [0.717, 1.165) is 31.4 Å². The van der Waals surface area contributed by atoms with Crippen molar-refractivity contribution in [3.05, 3.63) is 35.9 Å². The van der Waals surface area contributed by atoms with Gasteiger partial charge in [-0.05, 0) is 31.2 Å². The van der Waals surface area contributed by atoms with Gasteiger partial charge in [-0.1, -0.05) is 50.6 Å². The topological polar surface area (TPSA) is 61.8 Å².